The zero-order valence-corrected chi connectivity index (χ0v) is 17.5. The number of hydrogen-bond donors (Lipinski definition) is 3. The molecule has 0 atom stereocenters. The Balaban J connectivity index is 1.57. The molecule has 1 aromatic heterocycles. The molecule has 0 unspecified atom stereocenters. The van der Waals surface area contributed by atoms with Crippen molar-refractivity contribution in [2.75, 3.05) is 26.2 Å². The minimum atomic E-state index is -0.122. The first-order valence-corrected chi connectivity index (χ1v) is 10.4. The average molecular weight is 415 g/mol. The van der Waals surface area contributed by atoms with Crippen molar-refractivity contribution in [3.8, 4) is 0 Å². The van der Waals surface area contributed by atoms with Gasteiger partial charge in [0.15, 0.2) is 5.96 Å². The molecule has 2 aromatic rings. The topological polar surface area (TPSA) is 98.7 Å². The van der Waals surface area contributed by atoms with Gasteiger partial charge in [0.25, 0.3) is 5.91 Å². The summed E-state index contributed by atoms with van der Waals surface area (Å²) in [6.07, 6.45) is 1.87. The van der Waals surface area contributed by atoms with Gasteiger partial charge in [0.1, 0.15) is 5.01 Å². The largest absolute Gasteiger partial charge is 0.357 e. The fourth-order valence-corrected chi connectivity index (χ4v) is 3.63. The van der Waals surface area contributed by atoms with Gasteiger partial charge in [0.05, 0.1) is 19.6 Å². The predicted octanol–water partition coefficient (Wildman–Crippen LogP) is 1.28. The second-order valence-electron chi connectivity index (χ2n) is 6.69. The molecule has 2 heterocycles. The first-order chi connectivity index (χ1) is 14.0. The molecule has 29 heavy (non-hydrogen) atoms. The maximum Gasteiger partial charge on any atom is 0.254 e. The van der Waals surface area contributed by atoms with Crippen LogP contribution in [0.3, 0.4) is 0 Å². The Morgan fingerprint density at radius 3 is 2.76 bits per heavy atom. The maximum absolute atomic E-state index is 12.5. The number of nitrogens with zero attached hydrogens (tertiary/aromatic N) is 3. The lowest BCUT2D eigenvalue weighted by atomic mass is 10.1. The van der Waals surface area contributed by atoms with Crippen LogP contribution >= 0.6 is 11.3 Å². The molecular weight excluding hydrogens is 388 g/mol. The summed E-state index contributed by atoms with van der Waals surface area (Å²) in [4.78, 5) is 35.7. The van der Waals surface area contributed by atoms with E-state index in [1.165, 1.54) is 4.88 Å². The van der Waals surface area contributed by atoms with E-state index in [4.69, 9.17) is 0 Å². The van der Waals surface area contributed by atoms with Crippen LogP contribution in [0.2, 0.25) is 0 Å². The Labute approximate surface area is 174 Å². The number of aliphatic imine (C=N–C) groups is 1. The third kappa shape index (κ3) is 6.02. The predicted molar refractivity (Wildman–Crippen MR) is 114 cm³/mol. The van der Waals surface area contributed by atoms with E-state index in [-0.39, 0.29) is 18.4 Å². The monoisotopic (exact) mass is 414 g/mol. The molecule has 3 N–H and O–H groups in total. The summed E-state index contributed by atoms with van der Waals surface area (Å²) in [5, 5.41) is 10.2. The van der Waals surface area contributed by atoms with Crippen molar-refractivity contribution in [1.29, 1.82) is 0 Å². The van der Waals surface area contributed by atoms with Gasteiger partial charge in [0, 0.05) is 36.3 Å². The van der Waals surface area contributed by atoms with E-state index in [1.807, 2.05) is 32.2 Å². The molecule has 0 radical (unpaired) electrons. The van der Waals surface area contributed by atoms with E-state index in [0.29, 0.717) is 31.7 Å². The number of nitrogens with one attached hydrogen (secondary N) is 3. The fourth-order valence-electron chi connectivity index (χ4n) is 2.90. The van der Waals surface area contributed by atoms with Gasteiger partial charge in [0.2, 0.25) is 5.91 Å². The number of guanidine groups is 1. The van der Waals surface area contributed by atoms with E-state index in [1.54, 1.807) is 28.4 Å². The smallest absolute Gasteiger partial charge is 0.254 e. The highest BCUT2D eigenvalue weighted by atomic mass is 32.1. The zero-order valence-electron chi connectivity index (χ0n) is 16.7. The summed E-state index contributed by atoms with van der Waals surface area (Å²) in [6.45, 7) is 7.08. The van der Waals surface area contributed by atoms with Gasteiger partial charge in [-0.3, -0.25) is 9.59 Å². The molecule has 0 saturated carbocycles. The van der Waals surface area contributed by atoms with Crippen LogP contribution in [-0.2, 0) is 17.9 Å². The van der Waals surface area contributed by atoms with Crippen LogP contribution in [0.25, 0.3) is 0 Å². The molecular formula is C20H26N6O2S. The normalized spacial score (nSPS) is 14.5. The van der Waals surface area contributed by atoms with Crippen molar-refractivity contribution >= 4 is 29.1 Å². The number of amides is 2. The number of rotatable bonds is 6. The molecule has 1 aliphatic heterocycles. The van der Waals surface area contributed by atoms with Gasteiger partial charge < -0.3 is 20.9 Å². The Hall–Kier alpha value is -2.94. The van der Waals surface area contributed by atoms with Crippen molar-refractivity contribution in [1.82, 2.24) is 25.8 Å². The van der Waals surface area contributed by atoms with Crippen LogP contribution in [0.15, 0.2) is 35.5 Å². The summed E-state index contributed by atoms with van der Waals surface area (Å²) in [7, 11) is 0. The molecule has 1 saturated heterocycles. The molecule has 0 bridgehead atoms. The van der Waals surface area contributed by atoms with Crippen molar-refractivity contribution in [2.45, 2.75) is 26.9 Å². The van der Waals surface area contributed by atoms with Gasteiger partial charge in [-0.05, 0) is 31.5 Å². The number of carbonyl (C=O) groups excluding carboxylic acids is 2. The fraction of sp³-hybridized carbons (Fsp3) is 0.400. The van der Waals surface area contributed by atoms with Crippen LogP contribution in [0.5, 0.6) is 0 Å². The molecule has 2 amide bonds. The SMILES string of the molecule is CCNC(=NCc1ccc(C(=O)N2CCNC(=O)C2)cc1)NCc1ncc(C)s1. The highest BCUT2D eigenvalue weighted by molar-refractivity contribution is 7.11. The maximum atomic E-state index is 12.5. The quantitative estimate of drug-likeness (QED) is 0.489. The summed E-state index contributed by atoms with van der Waals surface area (Å²) < 4.78 is 0. The molecule has 8 nitrogen and oxygen atoms in total. The molecule has 154 valence electrons. The van der Waals surface area contributed by atoms with Crippen LogP contribution in [0.4, 0.5) is 0 Å². The van der Waals surface area contributed by atoms with Gasteiger partial charge in [-0.25, -0.2) is 9.98 Å². The highest BCUT2D eigenvalue weighted by Gasteiger charge is 2.22. The summed E-state index contributed by atoms with van der Waals surface area (Å²) in [5.41, 5.74) is 1.58. The molecule has 1 aliphatic rings. The Morgan fingerprint density at radius 1 is 1.31 bits per heavy atom. The van der Waals surface area contributed by atoms with Crippen LogP contribution in [0, 0.1) is 6.92 Å². The van der Waals surface area contributed by atoms with E-state index in [9.17, 15) is 9.59 Å². The standard InChI is InChI=1S/C20H26N6O2S/c1-3-21-20(25-12-18-23-10-14(2)29-18)24-11-15-4-6-16(7-5-15)19(28)26-9-8-22-17(27)13-26/h4-7,10H,3,8-9,11-13H2,1-2H3,(H,22,27)(H2,21,24,25). The van der Waals surface area contributed by atoms with E-state index in [2.05, 4.69) is 25.9 Å². The summed E-state index contributed by atoms with van der Waals surface area (Å²) >= 11 is 1.66. The molecule has 1 fully saturated rings. The Bertz CT molecular complexity index is 877. The average Bonchev–Trinajstić information content (AvgIpc) is 3.15. The third-order valence-corrected chi connectivity index (χ3v) is 5.28. The second kappa shape index (κ2) is 10.0. The summed E-state index contributed by atoms with van der Waals surface area (Å²) in [6, 6.07) is 7.37. The number of benzene rings is 1. The first kappa shape index (κ1) is 20.8. The van der Waals surface area contributed by atoms with Crippen molar-refractivity contribution in [3.05, 3.63) is 51.5 Å². The minimum Gasteiger partial charge on any atom is -0.357 e. The summed E-state index contributed by atoms with van der Waals surface area (Å²) in [5.74, 6) is 0.482. The van der Waals surface area contributed by atoms with Gasteiger partial charge in [-0.1, -0.05) is 12.1 Å². The third-order valence-electron chi connectivity index (χ3n) is 4.37. The number of piperazine rings is 1. The van der Waals surface area contributed by atoms with E-state index in [0.717, 1.165) is 23.1 Å². The van der Waals surface area contributed by atoms with Crippen LogP contribution < -0.4 is 16.0 Å². The lowest BCUT2D eigenvalue weighted by Gasteiger charge is -2.26. The molecule has 3 rings (SSSR count). The van der Waals surface area contributed by atoms with Crippen LogP contribution in [-0.4, -0.2) is 53.8 Å². The van der Waals surface area contributed by atoms with Crippen molar-refractivity contribution in [2.24, 2.45) is 4.99 Å². The van der Waals surface area contributed by atoms with E-state index < -0.39 is 0 Å². The van der Waals surface area contributed by atoms with Gasteiger partial charge >= 0.3 is 0 Å². The number of carbonyl (C=O) groups is 2. The molecule has 1 aromatic carbocycles. The van der Waals surface area contributed by atoms with Gasteiger partial charge in [-0.2, -0.15) is 0 Å². The molecule has 9 heteroatoms. The number of thiazole rings is 1. The minimum absolute atomic E-state index is 0.112. The number of aryl methyl sites for hydroxylation is 1. The Morgan fingerprint density at radius 2 is 2.10 bits per heavy atom. The Kier molecular flexibility index (Phi) is 7.18. The lowest BCUT2D eigenvalue weighted by molar-refractivity contribution is -0.123. The van der Waals surface area contributed by atoms with Crippen molar-refractivity contribution in [3.63, 3.8) is 0 Å². The van der Waals surface area contributed by atoms with Gasteiger partial charge in [-0.15, -0.1) is 11.3 Å². The van der Waals surface area contributed by atoms with Crippen molar-refractivity contribution < 1.29 is 9.59 Å². The van der Waals surface area contributed by atoms with Crippen LogP contribution in [0.1, 0.15) is 32.7 Å². The zero-order chi connectivity index (χ0) is 20.6. The van der Waals surface area contributed by atoms with E-state index >= 15 is 0 Å². The highest BCUT2D eigenvalue weighted by Crippen LogP contribution is 2.11. The second-order valence-corrected chi connectivity index (χ2v) is 8.01. The molecule has 0 aliphatic carbocycles. The number of aromatic nitrogens is 1. The lowest BCUT2D eigenvalue weighted by Crippen LogP contribution is -2.49. The molecule has 0 spiro atoms. The first-order valence-electron chi connectivity index (χ1n) is 9.63. The number of hydrogen-bond acceptors (Lipinski definition) is 5.